The van der Waals surface area contributed by atoms with Gasteiger partial charge in [-0.05, 0) is 44.4 Å². The highest BCUT2D eigenvalue weighted by Crippen LogP contribution is 2.61. The number of carbonyl (C=O) groups excluding carboxylic acids is 4. The van der Waals surface area contributed by atoms with Crippen molar-refractivity contribution in [3.05, 3.63) is 113 Å². The predicted molar refractivity (Wildman–Crippen MR) is 198 cm³/mol. The monoisotopic (exact) mass is 788 g/mol. The number of methoxy groups -OCH3 is 1. The van der Waals surface area contributed by atoms with E-state index in [1.165, 1.54) is 7.11 Å². The number of benzene rings is 1. The number of nitrogens with two attached hydrogens (primary N) is 1. The molecule has 12 nitrogen and oxygen atoms in total. The molecular weight excluding hydrogens is 740 g/mol. The van der Waals surface area contributed by atoms with Crippen LogP contribution in [0.2, 0.25) is 0 Å². The van der Waals surface area contributed by atoms with Gasteiger partial charge in [-0.25, -0.2) is 19.0 Å². The van der Waals surface area contributed by atoms with Crippen molar-refractivity contribution in [1.82, 2.24) is 0 Å². The van der Waals surface area contributed by atoms with E-state index in [9.17, 15) is 24.3 Å². The molecule has 1 aromatic heterocycles. The van der Waals surface area contributed by atoms with E-state index in [0.29, 0.717) is 29.7 Å². The number of aliphatic hydroxyl groups excluding tert-OH is 1. The largest absolute Gasteiger partial charge is 1.00 e. The zero-order valence-electron chi connectivity index (χ0n) is 32.1. The van der Waals surface area contributed by atoms with Gasteiger partial charge in [-0.3, -0.25) is 4.79 Å². The molecule has 4 bridgehead atoms. The molecule has 298 valence electrons. The van der Waals surface area contributed by atoms with Gasteiger partial charge in [0.25, 0.3) is 0 Å². The number of rotatable bonds is 9. The quantitative estimate of drug-likeness (QED) is 0.162. The van der Waals surface area contributed by atoms with E-state index in [-0.39, 0.29) is 36.6 Å². The van der Waals surface area contributed by atoms with Crippen LogP contribution in [0.5, 0.6) is 0 Å². The van der Waals surface area contributed by atoms with Crippen molar-refractivity contribution in [2.45, 2.75) is 89.3 Å². The average Bonchev–Trinajstić information content (AvgIpc) is 3.77. The van der Waals surface area contributed by atoms with Crippen LogP contribution < -0.4 is 22.7 Å². The summed E-state index contributed by atoms with van der Waals surface area (Å²) in [6.45, 7) is 7.89. The van der Waals surface area contributed by atoms with Crippen LogP contribution in [0, 0.1) is 29.6 Å². The zero-order valence-corrected chi connectivity index (χ0v) is 32.8. The summed E-state index contributed by atoms with van der Waals surface area (Å²) in [6.07, 6.45) is 10.9. The second-order valence-corrected chi connectivity index (χ2v) is 15.5. The highest BCUT2D eigenvalue weighted by atomic mass is 35.5. The first-order valence-corrected chi connectivity index (χ1v) is 18.9. The highest BCUT2D eigenvalue weighted by Gasteiger charge is 2.69. The van der Waals surface area contributed by atoms with Crippen LogP contribution in [-0.2, 0) is 39.8 Å². The number of pyridine rings is 1. The number of hydrogen-bond acceptors (Lipinski definition) is 10. The Hall–Kier alpha value is -4.62. The van der Waals surface area contributed by atoms with Crippen molar-refractivity contribution in [3.63, 3.8) is 0 Å². The van der Waals surface area contributed by atoms with Gasteiger partial charge in [0.2, 0.25) is 5.91 Å². The van der Waals surface area contributed by atoms with E-state index in [0.717, 1.165) is 11.1 Å². The number of esters is 3. The minimum Gasteiger partial charge on any atom is -1.00 e. The first kappa shape index (κ1) is 41.0. The van der Waals surface area contributed by atoms with Gasteiger partial charge in [0.15, 0.2) is 25.0 Å². The van der Waals surface area contributed by atoms with Gasteiger partial charge in [-0.1, -0.05) is 62.4 Å². The number of carbonyl (C=O) groups is 4. The Morgan fingerprint density at radius 2 is 1.84 bits per heavy atom. The molecule has 7 rings (SSSR count). The van der Waals surface area contributed by atoms with Crippen LogP contribution in [0.15, 0.2) is 96.4 Å². The van der Waals surface area contributed by atoms with Crippen molar-refractivity contribution in [3.8, 4) is 0 Å². The molecule has 3 N–H and O–H groups in total. The molecule has 1 aromatic carbocycles. The summed E-state index contributed by atoms with van der Waals surface area (Å²) in [4.78, 5) is 52.1. The third kappa shape index (κ3) is 7.47. The van der Waals surface area contributed by atoms with Crippen LogP contribution in [0.1, 0.15) is 66.8 Å². The van der Waals surface area contributed by atoms with E-state index < -0.39 is 77.9 Å². The second-order valence-electron chi connectivity index (χ2n) is 15.5. The summed E-state index contributed by atoms with van der Waals surface area (Å²) in [7, 11) is 1.45. The highest BCUT2D eigenvalue weighted by molar-refractivity contribution is 5.92. The summed E-state index contributed by atoms with van der Waals surface area (Å²) < 4.78 is 32.9. The molecule has 0 radical (unpaired) electrons. The Balaban J connectivity index is 0.00000532. The summed E-state index contributed by atoms with van der Waals surface area (Å²) >= 11 is 0. The van der Waals surface area contributed by atoms with Gasteiger partial charge in [0.05, 0.1) is 17.2 Å². The van der Waals surface area contributed by atoms with E-state index in [2.05, 4.69) is 0 Å². The lowest BCUT2D eigenvalue weighted by Crippen LogP contribution is -3.00. The van der Waals surface area contributed by atoms with Crippen LogP contribution in [-0.4, -0.2) is 78.3 Å². The summed E-state index contributed by atoms with van der Waals surface area (Å²) in [5.74, 6) is -3.95. The molecule has 3 heterocycles. The maximum absolute atomic E-state index is 13.8. The van der Waals surface area contributed by atoms with Gasteiger partial charge in [-0.15, -0.1) is 0 Å². The topological polar surface area (TPSA) is 165 Å². The standard InChI is InChI=1S/C43H48N2O10.ClH/c1-23-19-24(2)43-31(13-14-32-34(43)35(46)25(3)37(38(32)55-43)54-40(48)29-10-6-7-11-29)21-33(51-5)42(50)53-36(23)26(4)52-41(49)30-12-8-9-27(20-30)22-45-17-15-28(16-18-45)39(44)47;/h6-10,12-20,23,25-26,31-38,46H,11,21-22H2,1-5H3,(H-,44,47);1H/b24-19+;/t23-,25-,26-,31?,32-,33+,34+,35-,36+,37-,38-,43+;/m1./s1. The van der Waals surface area contributed by atoms with Crippen LogP contribution in [0.4, 0.5) is 0 Å². The number of aliphatic hydroxyl groups is 1. The van der Waals surface area contributed by atoms with E-state index in [1.54, 1.807) is 55.7 Å². The molecule has 1 unspecified atom stereocenters. The smallest absolute Gasteiger partial charge is 0.338 e. The molecule has 2 aromatic rings. The first-order chi connectivity index (χ1) is 26.3. The Morgan fingerprint density at radius 3 is 2.52 bits per heavy atom. The lowest BCUT2D eigenvalue weighted by molar-refractivity contribution is -0.688. The Labute approximate surface area is 332 Å². The first-order valence-electron chi connectivity index (χ1n) is 18.9. The number of allylic oxidation sites excluding steroid dienone is 3. The molecule has 3 aliphatic carbocycles. The van der Waals surface area contributed by atoms with Crippen molar-refractivity contribution < 1.29 is 64.9 Å². The molecule has 5 aliphatic rings. The lowest BCUT2D eigenvalue weighted by atomic mass is 9.57. The third-order valence-electron chi connectivity index (χ3n) is 12.1. The number of halogens is 1. The Bertz CT molecular complexity index is 1980. The normalized spacial score (nSPS) is 34.4. The van der Waals surface area contributed by atoms with Crippen LogP contribution in [0.25, 0.3) is 0 Å². The molecule has 1 amide bonds. The molecule has 13 heteroatoms. The molecule has 1 saturated heterocycles. The van der Waals surface area contributed by atoms with Crippen molar-refractivity contribution in [1.29, 1.82) is 0 Å². The van der Waals surface area contributed by atoms with E-state index in [1.807, 2.05) is 61.8 Å². The zero-order chi connectivity index (χ0) is 39.2. The molecule has 1 saturated carbocycles. The third-order valence-corrected chi connectivity index (χ3v) is 12.1. The van der Waals surface area contributed by atoms with Gasteiger partial charge >= 0.3 is 17.9 Å². The number of primary amides is 1. The van der Waals surface area contributed by atoms with Gasteiger partial charge in [0.1, 0.15) is 30.0 Å². The minimum atomic E-state index is -1.03. The van der Waals surface area contributed by atoms with E-state index in [4.69, 9.17) is 29.4 Å². The SMILES string of the molecule is CO[C@H]1CC2C=C[C@H]3[C@H]4O[C@]2(/C(C)=C/[C@@H](C)[C@@H]([C@@H](C)OC(=O)c2cccc(C[n+]5ccc(C(N)=O)cc5)c2)OC1=O)[C@@H]3[C@H](O)[C@@H](C)[C@H]4OC(=O)C1=CC=CC1.[Cl-]. The fourth-order valence-corrected chi connectivity index (χ4v) is 9.32. The second kappa shape index (κ2) is 16.5. The number of amides is 1. The Kier molecular flexibility index (Phi) is 12.1. The van der Waals surface area contributed by atoms with Crippen molar-refractivity contribution in [2.24, 2.45) is 35.3 Å². The Morgan fingerprint density at radius 1 is 1.09 bits per heavy atom. The number of ether oxygens (including phenoxy) is 5. The number of hydrogen-bond donors (Lipinski definition) is 2. The molecular formula is C43H49ClN2O10. The lowest BCUT2D eigenvalue weighted by Gasteiger charge is -2.49. The summed E-state index contributed by atoms with van der Waals surface area (Å²) in [5.41, 5.74) is 7.29. The van der Waals surface area contributed by atoms with E-state index >= 15 is 0 Å². The number of nitrogens with zero attached hydrogens (tertiary/aromatic N) is 1. The average molecular weight is 789 g/mol. The molecule has 56 heavy (non-hydrogen) atoms. The van der Waals surface area contributed by atoms with Gasteiger partial charge in [0, 0.05) is 60.0 Å². The maximum atomic E-state index is 13.8. The minimum absolute atomic E-state index is 0. The molecule has 2 aliphatic heterocycles. The maximum Gasteiger partial charge on any atom is 0.338 e. The molecule has 12 atom stereocenters. The summed E-state index contributed by atoms with van der Waals surface area (Å²) in [5, 5.41) is 12.0. The molecule has 2 fully saturated rings. The summed E-state index contributed by atoms with van der Waals surface area (Å²) in [6, 6.07) is 10.3. The van der Waals surface area contributed by atoms with Gasteiger partial charge < -0.3 is 46.9 Å². The number of aromatic nitrogens is 1. The number of cyclic esters (lactones) is 1. The predicted octanol–water partition coefficient (Wildman–Crippen LogP) is 0.948. The van der Waals surface area contributed by atoms with Crippen LogP contribution >= 0.6 is 0 Å². The molecule has 1 spiro atoms. The van der Waals surface area contributed by atoms with Crippen molar-refractivity contribution >= 4 is 23.8 Å². The van der Waals surface area contributed by atoms with Crippen molar-refractivity contribution in [2.75, 3.05) is 7.11 Å². The van der Waals surface area contributed by atoms with Crippen LogP contribution in [0.3, 0.4) is 0 Å². The fraction of sp³-hybridized carbons (Fsp3) is 0.465. The fourth-order valence-electron chi connectivity index (χ4n) is 9.32. The van der Waals surface area contributed by atoms with Gasteiger partial charge in [-0.2, -0.15) is 0 Å².